The zero-order chi connectivity index (χ0) is 20.2. The predicted octanol–water partition coefficient (Wildman–Crippen LogP) is 4.49. The summed E-state index contributed by atoms with van der Waals surface area (Å²) in [5.74, 6) is -0.922. The molecule has 6 heteroatoms. The van der Waals surface area contributed by atoms with E-state index in [0.29, 0.717) is 28.1 Å². The van der Waals surface area contributed by atoms with Crippen molar-refractivity contribution in [1.82, 2.24) is 9.78 Å². The van der Waals surface area contributed by atoms with Crippen LogP contribution in [0.4, 0.5) is 10.1 Å². The Hall–Kier alpha value is -4.06. The highest BCUT2D eigenvalue weighted by molar-refractivity contribution is 6.15. The zero-order valence-corrected chi connectivity index (χ0v) is 15.2. The number of benzene rings is 3. The molecule has 0 bridgehead atoms. The zero-order valence-electron chi connectivity index (χ0n) is 15.2. The Bertz CT molecular complexity index is 1170. The first-order valence-electron chi connectivity index (χ1n) is 8.92. The van der Waals surface area contributed by atoms with Crippen LogP contribution in [0.3, 0.4) is 0 Å². The molecule has 4 aromatic rings. The number of anilines is 1. The Morgan fingerprint density at radius 1 is 0.828 bits per heavy atom. The maximum absolute atomic E-state index is 13.1. The molecule has 29 heavy (non-hydrogen) atoms. The lowest BCUT2D eigenvalue weighted by Gasteiger charge is -2.10. The SMILES string of the molecule is O=C(Nc1ccccc1C(=O)c1ccccc1)c1cnn(-c2ccc(F)cc2)c1. The van der Waals surface area contributed by atoms with Gasteiger partial charge in [-0.2, -0.15) is 5.10 Å². The molecule has 0 unspecified atom stereocenters. The minimum absolute atomic E-state index is 0.177. The molecular formula is C23H16FN3O2. The van der Waals surface area contributed by atoms with Gasteiger partial charge in [-0.1, -0.05) is 42.5 Å². The number of carbonyl (C=O) groups excluding carboxylic acids is 2. The molecule has 5 nitrogen and oxygen atoms in total. The third-order valence-corrected chi connectivity index (χ3v) is 4.39. The van der Waals surface area contributed by atoms with E-state index in [1.807, 2.05) is 6.07 Å². The largest absolute Gasteiger partial charge is 0.321 e. The normalized spacial score (nSPS) is 10.5. The van der Waals surface area contributed by atoms with Crippen molar-refractivity contribution < 1.29 is 14.0 Å². The molecule has 0 spiro atoms. The number of carbonyl (C=O) groups is 2. The van der Waals surface area contributed by atoms with Crippen LogP contribution in [0.15, 0.2) is 91.3 Å². The molecule has 3 aromatic carbocycles. The molecule has 1 heterocycles. The maximum Gasteiger partial charge on any atom is 0.258 e. The molecule has 142 valence electrons. The van der Waals surface area contributed by atoms with Gasteiger partial charge in [0, 0.05) is 17.3 Å². The van der Waals surface area contributed by atoms with Gasteiger partial charge in [-0.25, -0.2) is 9.07 Å². The lowest BCUT2D eigenvalue weighted by molar-refractivity contribution is 0.102. The smallest absolute Gasteiger partial charge is 0.258 e. The van der Waals surface area contributed by atoms with E-state index in [4.69, 9.17) is 0 Å². The summed E-state index contributed by atoms with van der Waals surface area (Å²) >= 11 is 0. The standard InChI is InChI=1S/C23H16FN3O2/c24-18-10-12-19(13-11-18)27-15-17(14-25-27)23(29)26-21-9-5-4-8-20(21)22(28)16-6-2-1-3-7-16/h1-15H,(H,26,29). The Morgan fingerprint density at radius 2 is 1.52 bits per heavy atom. The number of aromatic nitrogens is 2. The number of amides is 1. The third-order valence-electron chi connectivity index (χ3n) is 4.39. The van der Waals surface area contributed by atoms with Gasteiger partial charge in [-0.15, -0.1) is 0 Å². The molecule has 0 atom stereocenters. The van der Waals surface area contributed by atoms with E-state index in [0.717, 1.165) is 0 Å². The summed E-state index contributed by atoms with van der Waals surface area (Å²) in [5.41, 5.74) is 2.30. The van der Waals surface area contributed by atoms with Crippen molar-refractivity contribution in [3.05, 3.63) is 114 Å². The van der Waals surface area contributed by atoms with Crippen LogP contribution < -0.4 is 5.32 Å². The number of nitrogens with zero attached hydrogens (tertiary/aromatic N) is 2. The van der Waals surface area contributed by atoms with E-state index in [1.54, 1.807) is 66.9 Å². The van der Waals surface area contributed by atoms with Gasteiger partial charge < -0.3 is 5.32 Å². The molecule has 0 aliphatic rings. The fourth-order valence-electron chi connectivity index (χ4n) is 2.90. The fourth-order valence-corrected chi connectivity index (χ4v) is 2.90. The molecule has 0 fully saturated rings. The van der Waals surface area contributed by atoms with Crippen molar-refractivity contribution in [2.45, 2.75) is 0 Å². The molecule has 1 aromatic heterocycles. The number of para-hydroxylation sites is 1. The van der Waals surface area contributed by atoms with Gasteiger partial charge in [-0.05, 0) is 36.4 Å². The minimum Gasteiger partial charge on any atom is -0.321 e. The van der Waals surface area contributed by atoms with Crippen molar-refractivity contribution in [2.24, 2.45) is 0 Å². The first-order chi connectivity index (χ1) is 14.1. The summed E-state index contributed by atoms with van der Waals surface area (Å²) in [6.45, 7) is 0. The monoisotopic (exact) mass is 385 g/mol. The van der Waals surface area contributed by atoms with Crippen molar-refractivity contribution in [3.63, 3.8) is 0 Å². The highest BCUT2D eigenvalue weighted by Crippen LogP contribution is 2.20. The molecular weight excluding hydrogens is 369 g/mol. The second-order valence-corrected chi connectivity index (χ2v) is 6.34. The van der Waals surface area contributed by atoms with Gasteiger partial charge >= 0.3 is 0 Å². The van der Waals surface area contributed by atoms with Crippen LogP contribution in [0.1, 0.15) is 26.3 Å². The number of hydrogen-bond donors (Lipinski definition) is 1. The molecule has 1 N–H and O–H groups in total. The lowest BCUT2D eigenvalue weighted by Crippen LogP contribution is -2.14. The van der Waals surface area contributed by atoms with Gasteiger partial charge in [0.05, 0.1) is 23.1 Å². The van der Waals surface area contributed by atoms with Gasteiger partial charge in [0.25, 0.3) is 5.91 Å². The van der Waals surface area contributed by atoms with Crippen molar-refractivity contribution >= 4 is 17.4 Å². The number of ketones is 1. The van der Waals surface area contributed by atoms with Gasteiger partial charge in [0.15, 0.2) is 5.78 Å². The first-order valence-corrected chi connectivity index (χ1v) is 8.92. The molecule has 0 saturated carbocycles. The van der Waals surface area contributed by atoms with E-state index >= 15 is 0 Å². The fraction of sp³-hybridized carbons (Fsp3) is 0. The third kappa shape index (κ3) is 3.96. The molecule has 0 aliphatic carbocycles. The summed E-state index contributed by atoms with van der Waals surface area (Å²) in [6, 6.07) is 21.5. The number of rotatable bonds is 5. The first kappa shape index (κ1) is 18.3. The average Bonchev–Trinajstić information content (AvgIpc) is 3.25. The number of halogens is 1. The van der Waals surface area contributed by atoms with E-state index in [-0.39, 0.29) is 11.6 Å². The summed E-state index contributed by atoms with van der Waals surface area (Å²) in [6.07, 6.45) is 2.96. The van der Waals surface area contributed by atoms with Crippen LogP contribution in [-0.2, 0) is 0 Å². The highest BCUT2D eigenvalue weighted by atomic mass is 19.1. The topological polar surface area (TPSA) is 64.0 Å². The lowest BCUT2D eigenvalue weighted by atomic mass is 10.0. The summed E-state index contributed by atoms with van der Waals surface area (Å²) < 4.78 is 14.6. The van der Waals surface area contributed by atoms with Gasteiger partial charge in [0.2, 0.25) is 0 Å². The Kier molecular flexibility index (Phi) is 4.99. The Balaban J connectivity index is 1.57. The molecule has 0 radical (unpaired) electrons. The average molecular weight is 385 g/mol. The van der Waals surface area contributed by atoms with E-state index in [2.05, 4.69) is 10.4 Å². The summed E-state index contributed by atoms with van der Waals surface area (Å²) in [4.78, 5) is 25.5. The van der Waals surface area contributed by atoms with Crippen LogP contribution >= 0.6 is 0 Å². The quantitative estimate of drug-likeness (QED) is 0.515. The van der Waals surface area contributed by atoms with Crippen LogP contribution in [-0.4, -0.2) is 21.5 Å². The second-order valence-electron chi connectivity index (χ2n) is 6.34. The van der Waals surface area contributed by atoms with Gasteiger partial charge in [0.1, 0.15) is 5.82 Å². The molecule has 0 saturated heterocycles. The summed E-state index contributed by atoms with van der Waals surface area (Å²) in [5, 5.41) is 6.93. The Labute approximate surface area is 166 Å². The van der Waals surface area contributed by atoms with Crippen LogP contribution in [0, 0.1) is 5.82 Å². The van der Waals surface area contributed by atoms with Crippen molar-refractivity contribution in [2.75, 3.05) is 5.32 Å². The molecule has 1 amide bonds. The minimum atomic E-state index is -0.397. The predicted molar refractivity (Wildman–Crippen MR) is 108 cm³/mol. The van der Waals surface area contributed by atoms with Crippen LogP contribution in [0.2, 0.25) is 0 Å². The molecule has 4 rings (SSSR count). The van der Waals surface area contributed by atoms with Crippen LogP contribution in [0.25, 0.3) is 5.69 Å². The van der Waals surface area contributed by atoms with Gasteiger partial charge in [-0.3, -0.25) is 9.59 Å². The summed E-state index contributed by atoms with van der Waals surface area (Å²) in [7, 11) is 0. The number of nitrogens with one attached hydrogen (secondary N) is 1. The maximum atomic E-state index is 13.1. The number of hydrogen-bond acceptors (Lipinski definition) is 3. The van der Waals surface area contributed by atoms with Crippen LogP contribution in [0.5, 0.6) is 0 Å². The van der Waals surface area contributed by atoms with Crippen molar-refractivity contribution in [1.29, 1.82) is 0 Å². The van der Waals surface area contributed by atoms with E-state index in [9.17, 15) is 14.0 Å². The van der Waals surface area contributed by atoms with E-state index in [1.165, 1.54) is 23.0 Å². The second kappa shape index (κ2) is 7.90. The highest BCUT2D eigenvalue weighted by Gasteiger charge is 2.16. The van der Waals surface area contributed by atoms with E-state index < -0.39 is 5.91 Å². The Morgan fingerprint density at radius 3 is 2.28 bits per heavy atom. The van der Waals surface area contributed by atoms with Crippen molar-refractivity contribution in [3.8, 4) is 5.69 Å². The molecule has 0 aliphatic heterocycles.